The number of fused-ring (bicyclic) bond motifs is 1. The van der Waals surface area contributed by atoms with Crippen molar-refractivity contribution in [3.8, 4) is 11.8 Å². The van der Waals surface area contributed by atoms with Crippen LogP contribution in [0.25, 0.3) is 0 Å². The highest BCUT2D eigenvalue weighted by molar-refractivity contribution is 5.66. The van der Waals surface area contributed by atoms with Crippen LogP contribution in [-0.4, -0.2) is 61.3 Å². The number of aliphatic hydroxyl groups excluding tert-OH is 1. The molecule has 2 fully saturated rings. The van der Waals surface area contributed by atoms with E-state index in [9.17, 15) is 9.90 Å². The molecule has 2 aliphatic heterocycles. The van der Waals surface area contributed by atoms with E-state index >= 15 is 0 Å². The van der Waals surface area contributed by atoms with Crippen LogP contribution in [0.2, 0.25) is 0 Å². The number of hydrogen-bond acceptors (Lipinski definition) is 7. The molecule has 118 valence electrons. The zero-order valence-electron chi connectivity index (χ0n) is 12.5. The van der Waals surface area contributed by atoms with E-state index in [1.54, 1.807) is 13.8 Å². The molecule has 2 rings (SSSR count). The maximum atomic E-state index is 10.6. The number of rotatable bonds is 3. The highest BCUT2D eigenvalue weighted by atomic mass is 16.8. The highest BCUT2D eigenvalue weighted by Gasteiger charge is 2.57. The largest absolute Gasteiger partial charge is 0.453 e. The quantitative estimate of drug-likeness (QED) is 0.571. The van der Waals surface area contributed by atoms with Gasteiger partial charge in [-0.25, -0.2) is 0 Å². The Bertz CT molecular complexity index is 450. The summed E-state index contributed by atoms with van der Waals surface area (Å²) < 4.78 is 26.9. The number of esters is 1. The first-order chi connectivity index (χ1) is 9.84. The van der Waals surface area contributed by atoms with Crippen molar-refractivity contribution in [3.05, 3.63) is 0 Å². The van der Waals surface area contributed by atoms with Crippen LogP contribution < -0.4 is 0 Å². The number of ether oxygens (including phenoxy) is 5. The Morgan fingerprint density at radius 1 is 1.38 bits per heavy atom. The fourth-order valence-corrected chi connectivity index (χ4v) is 2.40. The van der Waals surface area contributed by atoms with Crippen molar-refractivity contribution in [2.75, 3.05) is 13.7 Å². The van der Waals surface area contributed by atoms with Crippen molar-refractivity contribution in [1.29, 1.82) is 0 Å². The molecule has 2 saturated heterocycles. The second-order valence-electron chi connectivity index (χ2n) is 5.32. The van der Waals surface area contributed by atoms with Crippen LogP contribution in [0.4, 0.5) is 0 Å². The predicted octanol–water partition coefficient (Wildman–Crippen LogP) is -0.195. The van der Waals surface area contributed by atoms with E-state index in [-0.39, 0.29) is 6.61 Å². The van der Waals surface area contributed by atoms with Crippen molar-refractivity contribution < 1.29 is 33.6 Å². The Labute approximate surface area is 123 Å². The first-order valence-corrected chi connectivity index (χ1v) is 6.68. The Kier molecular flexibility index (Phi) is 4.86. The average molecular weight is 300 g/mol. The van der Waals surface area contributed by atoms with Crippen molar-refractivity contribution in [2.24, 2.45) is 0 Å². The minimum absolute atomic E-state index is 0.0796. The van der Waals surface area contributed by atoms with Gasteiger partial charge in [0, 0.05) is 14.0 Å². The molecular weight excluding hydrogens is 280 g/mol. The van der Waals surface area contributed by atoms with Gasteiger partial charge in [-0.3, -0.25) is 4.79 Å². The van der Waals surface area contributed by atoms with Crippen molar-refractivity contribution in [1.82, 2.24) is 0 Å². The van der Waals surface area contributed by atoms with E-state index in [2.05, 4.69) is 16.6 Å². The van der Waals surface area contributed by atoms with Gasteiger partial charge < -0.3 is 28.8 Å². The minimum atomic E-state index is -1.09. The first kappa shape index (κ1) is 16.2. The molecule has 5 atom stereocenters. The topological polar surface area (TPSA) is 83.5 Å². The third kappa shape index (κ3) is 3.73. The van der Waals surface area contributed by atoms with Gasteiger partial charge in [-0.2, -0.15) is 0 Å². The standard InChI is InChI=1S/C14H20O7/c1-8(15)18-7-5-6-9(16)10-11-12(13(17-4)19-10)21-14(2,3)20-11/h9-13,16H,7H2,1-4H3/t9-,10-,11-,12-,13-/m1/s1. The van der Waals surface area contributed by atoms with Crippen molar-refractivity contribution >= 4 is 5.97 Å². The van der Waals surface area contributed by atoms with E-state index in [0.29, 0.717) is 0 Å². The molecule has 0 saturated carbocycles. The van der Waals surface area contributed by atoms with Gasteiger partial charge in [0.25, 0.3) is 0 Å². The molecule has 0 aromatic carbocycles. The fraction of sp³-hybridized carbons (Fsp3) is 0.786. The lowest BCUT2D eigenvalue weighted by Crippen LogP contribution is -2.37. The van der Waals surface area contributed by atoms with E-state index in [4.69, 9.17) is 18.9 Å². The maximum absolute atomic E-state index is 10.6. The van der Waals surface area contributed by atoms with Gasteiger partial charge >= 0.3 is 5.97 Å². The van der Waals surface area contributed by atoms with Crippen LogP contribution in [0.15, 0.2) is 0 Å². The Balaban J connectivity index is 2.00. The summed E-state index contributed by atoms with van der Waals surface area (Å²) in [4.78, 5) is 10.6. The smallest absolute Gasteiger partial charge is 0.303 e. The summed E-state index contributed by atoms with van der Waals surface area (Å²) in [6, 6.07) is 0. The molecule has 0 aliphatic carbocycles. The summed E-state index contributed by atoms with van der Waals surface area (Å²) in [6.45, 7) is 4.78. The molecule has 7 nitrogen and oxygen atoms in total. The Hall–Kier alpha value is -1.17. The van der Waals surface area contributed by atoms with E-state index in [0.717, 1.165) is 0 Å². The third-order valence-corrected chi connectivity index (χ3v) is 3.19. The number of methoxy groups -OCH3 is 1. The van der Waals surface area contributed by atoms with Crippen LogP contribution in [0, 0.1) is 11.8 Å². The second-order valence-corrected chi connectivity index (χ2v) is 5.32. The summed E-state index contributed by atoms with van der Waals surface area (Å²) >= 11 is 0. The fourth-order valence-electron chi connectivity index (χ4n) is 2.40. The molecule has 0 spiro atoms. The third-order valence-electron chi connectivity index (χ3n) is 3.19. The van der Waals surface area contributed by atoms with Crippen LogP contribution in [-0.2, 0) is 28.5 Å². The lowest BCUT2D eigenvalue weighted by Gasteiger charge is -2.24. The predicted molar refractivity (Wildman–Crippen MR) is 69.9 cm³/mol. The van der Waals surface area contributed by atoms with Crippen LogP contribution in [0.1, 0.15) is 20.8 Å². The van der Waals surface area contributed by atoms with Gasteiger partial charge in [-0.1, -0.05) is 11.8 Å². The molecule has 7 heteroatoms. The number of aliphatic hydroxyl groups is 1. The Morgan fingerprint density at radius 2 is 2.05 bits per heavy atom. The number of carbonyl (C=O) groups is 1. The number of hydrogen-bond donors (Lipinski definition) is 1. The van der Waals surface area contributed by atoms with Crippen LogP contribution >= 0.6 is 0 Å². The summed E-state index contributed by atoms with van der Waals surface area (Å²) in [5.74, 6) is 3.95. The molecular formula is C14H20O7. The molecule has 2 heterocycles. The summed E-state index contributed by atoms with van der Waals surface area (Å²) in [5.41, 5.74) is 0. The SMILES string of the molecule is CO[C@@H]1O[C@H]([C@H](O)C#CCOC(C)=O)[C@H]2OC(C)(C)O[C@@H]12. The van der Waals surface area contributed by atoms with Gasteiger partial charge in [0.1, 0.15) is 24.4 Å². The summed E-state index contributed by atoms with van der Waals surface area (Å²) in [7, 11) is 1.50. The van der Waals surface area contributed by atoms with Gasteiger partial charge in [-0.15, -0.1) is 0 Å². The zero-order chi connectivity index (χ0) is 15.6. The summed E-state index contributed by atoms with van der Waals surface area (Å²) in [5, 5.41) is 10.1. The lowest BCUT2D eigenvalue weighted by atomic mass is 10.1. The van der Waals surface area contributed by atoms with Gasteiger partial charge in [0.15, 0.2) is 18.7 Å². The molecule has 21 heavy (non-hydrogen) atoms. The average Bonchev–Trinajstić information content (AvgIpc) is 2.87. The molecule has 0 unspecified atom stereocenters. The minimum Gasteiger partial charge on any atom is -0.453 e. The van der Waals surface area contributed by atoms with Crippen LogP contribution in [0.3, 0.4) is 0 Å². The van der Waals surface area contributed by atoms with E-state index < -0.39 is 42.5 Å². The van der Waals surface area contributed by atoms with E-state index in [1.807, 2.05) is 0 Å². The molecule has 0 aromatic heterocycles. The normalized spacial score (nSPS) is 34.7. The first-order valence-electron chi connectivity index (χ1n) is 6.68. The van der Waals surface area contributed by atoms with E-state index in [1.165, 1.54) is 14.0 Å². The molecule has 0 bridgehead atoms. The zero-order valence-corrected chi connectivity index (χ0v) is 12.5. The molecule has 0 aromatic rings. The summed E-state index contributed by atoms with van der Waals surface area (Å²) in [6.07, 6.45) is -3.29. The van der Waals surface area contributed by atoms with Gasteiger partial charge in [0.2, 0.25) is 0 Å². The second kappa shape index (κ2) is 6.30. The van der Waals surface area contributed by atoms with Gasteiger partial charge in [-0.05, 0) is 13.8 Å². The molecule has 0 amide bonds. The maximum Gasteiger partial charge on any atom is 0.303 e. The Morgan fingerprint density at radius 3 is 2.67 bits per heavy atom. The van der Waals surface area contributed by atoms with Crippen LogP contribution in [0.5, 0.6) is 0 Å². The lowest BCUT2D eigenvalue weighted by molar-refractivity contribution is -0.233. The molecule has 2 aliphatic rings. The molecule has 0 radical (unpaired) electrons. The molecule has 1 N–H and O–H groups in total. The van der Waals surface area contributed by atoms with Crippen molar-refractivity contribution in [3.63, 3.8) is 0 Å². The van der Waals surface area contributed by atoms with Gasteiger partial charge in [0.05, 0.1) is 0 Å². The highest BCUT2D eigenvalue weighted by Crippen LogP contribution is 2.39. The van der Waals surface area contributed by atoms with Crippen molar-refractivity contribution in [2.45, 2.75) is 57.3 Å². The number of carbonyl (C=O) groups excluding carboxylic acids is 1. The monoisotopic (exact) mass is 300 g/mol.